The maximum absolute atomic E-state index is 13.2. The molecule has 8 nitrogen and oxygen atoms in total. The molecule has 0 aliphatic rings. The van der Waals surface area contributed by atoms with Crippen LogP contribution in [-0.4, -0.2) is 39.8 Å². The van der Waals surface area contributed by atoms with Gasteiger partial charge in [-0.15, -0.1) is 0 Å². The zero-order valence-corrected chi connectivity index (χ0v) is 21.7. The topological polar surface area (TPSA) is 127 Å². The monoisotopic (exact) mass is 539 g/mol. The number of ketones is 1. The second-order valence-electron chi connectivity index (χ2n) is 8.81. The number of furan rings is 1. The van der Waals surface area contributed by atoms with Crippen molar-refractivity contribution in [1.82, 2.24) is 4.98 Å². The number of aromatic nitrogens is 1. The number of anilines is 1. The number of Topliss-reactive ketones (excluding diaryl/α,β-unsaturated/α-hetero) is 1. The van der Waals surface area contributed by atoms with Gasteiger partial charge in [-0.1, -0.05) is 53.5 Å². The van der Waals surface area contributed by atoms with E-state index in [-0.39, 0.29) is 29.1 Å². The fourth-order valence-corrected chi connectivity index (χ4v) is 4.31. The Balaban J connectivity index is 2.13. The molecule has 0 aliphatic carbocycles. The summed E-state index contributed by atoms with van der Waals surface area (Å²) in [4.78, 5) is 43.5. The predicted octanol–water partition coefficient (Wildman–Crippen LogP) is 5.26. The summed E-state index contributed by atoms with van der Waals surface area (Å²) in [5.41, 5.74) is 5.81. The molecule has 2 aromatic carbocycles. The quantitative estimate of drug-likeness (QED) is 0.254. The lowest BCUT2D eigenvalue weighted by atomic mass is 9.97. The molecule has 2 amide bonds. The van der Waals surface area contributed by atoms with E-state index in [0.29, 0.717) is 26.9 Å². The minimum atomic E-state index is -1.84. The highest BCUT2D eigenvalue weighted by Crippen LogP contribution is 2.42. The van der Waals surface area contributed by atoms with Gasteiger partial charge in [0.2, 0.25) is 11.5 Å². The number of nitrogens with two attached hydrogens (primary N) is 1. The Kier molecular flexibility index (Phi) is 7.10. The molecule has 3 N–H and O–H groups in total. The third-order valence-corrected chi connectivity index (χ3v) is 6.33. The summed E-state index contributed by atoms with van der Waals surface area (Å²) in [5.74, 6) is -3.39. The van der Waals surface area contributed by atoms with Gasteiger partial charge in [-0.2, -0.15) is 0 Å². The summed E-state index contributed by atoms with van der Waals surface area (Å²) in [6.07, 6.45) is 0. The first-order valence-electron chi connectivity index (χ1n) is 11.3. The van der Waals surface area contributed by atoms with Crippen LogP contribution in [0.4, 0.5) is 5.69 Å². The summed E-state index contributed by atoms with van der Waals surface area (Å²) >= 11 is 12.6. The average molecular weight is 540 g/mol. The standard InChI is InChI=1S/C27H23Cl2N3O5/c1-4-32(26(35)24(30)34)21-18-13-17(14-9-11-15(28)12-10-14)20(16-7-5-6-8-19(16)29)31-25(18)37-22(21)23(33)27(2,3)36/h5-13,36H,4H2,1-3H3,(H2,30,34). The van der Waals surface area contributed by atoms with Crippen LogP contribution in [0.25, 0.3) is 33.5 Å². The van der Waals surface area contributed by atoms with Crippen molar-refractivity contribution in [1.29, 1.82) is 0 Å². The lowest BCUT2D eigenvalue weighted by molar-refractivity contribution is -0.135. The van der Waals surface area contributed by atoms with Crippen molar-refractivity contribution in [3.05, 3.63) is 70.4 Å². The smallest absolute Gasteiger partial charge is 0.316 e. The maximum Gasteiger partial charge on any atom is 0.316 e. The molecule has 0 saturated heterocycles. The Morgan fingerprint density at radius 1 is 1.05 bits per heavy atom. The van der Waals surface area contributed by atoms with Crippen molar-refractivity contribution in [2.75, 3.05) is 11.4 Å². The van der Waals surface area contributed by atoms with E-state index >= 15 is 0 Å². The van der Waals surface area contributed by atoms with Crippen LogP contribution < -0.4 is 10.6 Å². The molecule has 0 radical (unpaired) electrons. The molecule has 2 heterocycles. The molecule has 0 aliphatic heterocycles. The van der Waals surface area contributed by atoms with Gasteiger partial charge in [0.15, 0.2) is 5.76 Å². The van der Waals surface area contributed by atoms with Gasteiger partial charge in [-0.05, 0) is 50.6 Å². The fraction of sp³-hybridized carbons (Fsp3) is 0.185. The lowest BCUT2D eigenvalue weighted by Crippen LogP contribution is -2.41. The van der Waals surface area contributed by atoms with Crippen molar-refractivity contribution in [2.45, 2.75) is 26.4 Å². The third kappa shape index (κ3) is 4.96. The molecule has 0 atom stereocenters. The van der Waals surface area contributed by atoms with Crippen molar-refractivity contribution in [3.63, 3.8) is 0 Å². The van der Waals surface area contributed by atoms with Crippen molar-refractivity contribution in [2.24, 2.45) is 5.73 Å². The van der Waals surface area contributed by atoms with Gasteiger partial charge in [-0.3, -0.25) is 14.4 Å². The molecule has 0 unspecified atom stereocenters. The molecule has 0 fully saturated rings. The number of pyridine rings is 1. The molecule has 10 heteroatoms. The van der Waals surface area contributed by atoms with E-state index in [1.54, 1.807) is 61.5 Å². The Morgan fingerprint density at radius 2 is 1.70 bits per heavy atom. The van der Waals surface area contributed by atoms with E-state index in [9.17, 15) is 19.5 Å². The number of fused-ring (bicyclic) bond motifs is 1. The molecule has 37 heavy (non-hydrogen) atoms. The van der Waals surface area contributed by atoms with Gasteiger partial charge in [-0.25, -0.2) is 4.98 Å². The number of carbonyl (C=O) groups is 3. The number of amides is 2. The zero-order chi connectivity index (χ0) is 27.1. The van der Waals surface area contributed by atoms with Crippen LogP contribution in [0.5, 0.6) is 0 Å². The number of rotatable bonds is 6. The number of aliphatic hydroxyl groups is 1. The van der Waals surface area contributed by atoms with Crippen LogP contribution >= 0.6 is 23.2 Å². The normalized spacial score (nSPS) is 11.5. The van der Waals surface area contributed by atoms with Gasteiger partial charge in [0.1, 0.15) is 11.3 Å². The number of benzene rings is 2. The van der Waals surface area contributed by atoms with Crippen molar-refractivity contribution >= 4 is 57.6 Å². The van der Waals surface area contributed by atoms with Crippen LogP contribution in [0.15, 0.2) is 59.0 Å². The Morgan fingerprint density at radius 3 is 2.27 bits per heavy atom. The van der Waals surface area contributed by atoms with Gasteiger partial charge >= 0.3 is 11.8 Å². The van der Waals surface area contributed by atoms with Crippen LogP contribution in [-0.2, 0) is 9.59 Å². The van der Waals surface area contributed by atoms with E-state index in [1.165, 1.54) is 13.8 Å². The zero-order valence-electron chi connectivity index (χ0n) is 20.2. The molecule has 0 bridgehead atoms. The van der Waals surface area contributed by atoms with Gasteiger partial charge in [0, 0.05) is 27.7 Å². The van der Waals surface area contributed by atoms with E-state index in [2.05, 4.69) is 0 Å². The number of halogens is 2. The summed E-state index contributed by atoms with van der Waals surface area (Å²) in [6.45, 7) is 4.19. The Bertz CT molecular complexity index is 1540. The third-order valence-electron chi connectivity index (χ3n) is 5.74. The Labute approximate surface area is 222 Å². The summed E-state index contributed by atoms with van der Waals surface area (Å²) < 4.78 is 5.88. The molecule has 190 valence electrons. The van der Waals surface area contributed by atoms with Crippen molar-refractivity contribution in [3.8, 4) is 22.4 Å². The van der Waals surface area contributed by atoms with Crippen LogP contribution in [0.3, 0.4) is 0 Å². The molecular formula is C27H23Cl2N3O5. The van der Waals surface area contributed by atoms with Crippen LogP contribution in [0.2, 0.25) is 10.0 Å². The minimum absolute atomic E-state index is 0.00551. The van der Waals surface area contributed by atoms with Crippen LogP contribution in [0, 0.1) is 0 Å². The van der Waals surface area contributed by atoms with Gasteiger partial charge in [0.05, 0.1) is 11.1 Å². The van der Waals surface area contributed by atoms with Gasteiger partial charge in [0.25, 0.3) is 0 Å². The average Bonchev–Trinajstić information content (AvgIpc) is 3.21. The SMILES string of the molecule is CCN(C(=O)C(N)=O)c1c(C(=O)C(C)(C)O)oc2nc(-c3ccccc3Cl)c(-c3ccc(Cl)cc3)cc12. The molecule has 0 spiro atoms. The van der Waals surface area contributed by atoms with E-state index in [4.69, 9.17) is 38.3 Å². The molecule has 0 saturated carbocycles. The highest BCUT2D eigenvalue weighted by atomic mass is 35.5. The highest BCUT2D eigenvalue weighted by molar-refractivity contribution is 6.41. The lowest BCUT2D eigenvalue weighted by Gasteiger charge is -2.21. The minimum Gasteiger partial charge on any atom is -0.432 e. The molecule has 4 aromatic rings. The summed E-state index contributed by atoms with van der Waals surface area (Å²) in [6, 6.07) is 15.8. The highest BCUT2D eigenvalue weighted by Gasteiger charge is 2.36. The van der Waals surface area contributed by atoms with Crippen molar-refractivity contribution < 1.29 is 23.9 Å². The first kappa shape index (κ1) is 26.3. The first-order chi connectivity index (χ1) is 17.4. The van der Waals surface area contributed by atoms with Gasteiger partial charge < -0.3 is 20.2 Å². The number of carbonyl (C=O) groups excluding carboxylic acids is 3. The number of nitrogens with zero attached hydrogens (tertiary/aromatic N) is 2. The number of hydrogen-bond donors (Lipinski definition) is 2. The van der Waals surface area contributed by atoms with E-state index < -0.39 is 23.2 Å². The number of likely N-dealkylation sites (N-methyl/N-ethyl adjacent to an activating group) is 1. The molecule has 2 aromatic heterocycles. The second kappa shape index (κ2) is 9.97. The second-order valence-corrected chi connectivity index (χ2v) is 9.65. The van der Waals surface area contributed by atoms with E-state index in [1.807, 2.05) is 0 Å². The Hall–Kier alpha value is -3.72. The molecule has 4 rings (SSSR count). The predicted molar refractivity (Wildman–Crippen MR) is 143 cm³/mol. The number of primary amides is 1. The van der Waals surface area contributed by atoms with E-state index in [0.717, 1.165) is 10.5 Å². The largest absolute Gasteiger partial charge is 0.432 e. The number of hydrogen-bond acceptors (Lipinski definition) is 6. The fourth-order valence-electron chi connectivity index (χ4n) is 3.96. The van der Waals surface area contributed by atoms with Crippen LogP contribution in [0.1, 0.15) is 31.3 Å². The molecular weight excluding hydrogens is 517 g/mol. The summed E-state index contributed by atoms with van der Waals surface area (Å²) in [7, 11) is 0. The maximum atomic E-state index is 13.2. The summed E-state index contributed by atoms with van der Waals surface area (Å²) in [5, 5.41) is 11.7. The first-order valence-corrected chi connectivity index (χ1v) is 12.1.